The SMILES string of the molecule is COC(=O)c1ccc(NC(=O)Nc2ccc(C(=O)OC)c(C(=O)OC)c2)cc1C(=O)OC. The van der Waals surface area contributed by atoms with Gasteiger partial charge in [-0.15, -0.1) is 0 Å². The van der Waals surface area contributed by atoms with Crippen molar-refractivity contribution in [3.63, 3.8) is 0 Å². The zero-order valence-corrected chi connectivity index (χ0v) is 17.6. The molecule has 0 fully saturated rings. The van der Waals surface area contributed by atoms with E-state index in [0.29, 0.717) is 0 Å². The van der Waals surface area contributed by atoms with Gasteiger partial charge in [0.15, 0.2) is 0 Å². The molecule has 11 nitrogen and oxygen atoms in total. The molecule has 0 radical (unpaired) electrons. The number of rotatable bonds is 6. The van der Waals surface area contributed by atoms with Crippen LogP contribution in [0.15, 0.2) is 36.4 Å². The molecule has 2 aromatic carbocycles. The van der Waals surface area contributed by atoms with Crippen LogP contribution in [0.25, 0.3) is 0 Å². The Morgan fingerprint density at radius 3 is 1.16 bits per heavy atom. The van der Waals surface area contributed by atoms with Crippen LogP contribution < -0.4 is 10.6 Å². The van der Waals surface area contributed by atoms with Gasteiger partial charge >= 0.3 is 29.9 Å². The fourth-order valence-electron chi connectivity index (χ4n) is 2.67. The molecular weight excluding hydrogens is 424 g/mol. The van der Waals surface area contributed by atoms with E-state index < -0.39 is 29.9 Å². The van der Waals surface area contributed by atoms with Crippen molar-refractivity contribution in [1.82, 2.24) is 0 Å². The average molecular weight is 444 g/mol. The van der Waals surface area contributed by atoms with E-state index in [1.807, 2.05) is 0 Å². The highest BCUT2D eigenvalue weighted by molar-refractivity contribution is 6.07. The van der Waals surface area contributed by atoms with Gasteiger partial charge < -0.3 is 29.6 Å². The number of ether oxygens (including phenoxy) is 4. The molecule has 0 heterocycles. The van der Waals surface area contributed by atoms with Crippen LogP contribution >= 0.6 is 0 Å². The molecule has 0 saturated heterocycles. The highest BCUT2D eigenvalue weighted by atomic mass is 16.5. The number of carbonyl (C=O) groups excluding carboxylic acids is 5. The van der Waals surface area contributed by atoms with Crippen molar-refractivity contribution in [3.05, 3.63) is 58.7 Å². The van der Waals surface area contributed by atoms with Gasteiger partial charge in [0.2, 0.25) is 0 Å². The molecule has 11 heteroatoms. The molecule has 0 aliphatic heterocycles. The average Bonchev–Trinajstić information content (AvgIpc) is 2.81. The minimum Gasteiger partial charge on any atom is -0.465 e. The van der Waals surface area contributed by atoms with Gasteiger partial charge in [-0.2, -0.15) is 0 Å². The molecule has 0 aliphatic carbocycles. The van der Waals surface area contributed by atoms with Crippen LogP contribution in [0.3, 0.4) is 0 Å². The first-order valence-corrected chi connectivity index (χ1v) is 8.95. The summed E-state index contributed by atoms with van der Waals surface area (Å²) in [6.07, 6.45) is 0. The van der Waals surface area contributed by atoms with Gasteiger partial charge in [0.1, 0.15) is 0 Å². The van der Waals surface area contributed by atoms with Crippen molar-refractivity contribution >= 4 is 41.3 Å². The Kier molecular flexibility index (Phi) is 7.88. The molecule has 0 bridgehead atoms. The van der Waals surface area contributed by atoms with E-state index in [0.717, 1.165) is 28.4 Å². The van der Waals surface area contributed by atoms with Crippen molar-refractivity contribution in [2.24, 2.45) is 0 Å². The fraction of sp³-hybridized carbons (Fsp3) is 0.190. The number of hydrogen-bond donors (Lipinski definition) is 2. The molecule has 2 aromatic rings. The normalized spacial score (nSPS) is 9.88. The molecule has 2 amide bonds. The monoisotopic (exact) mass is 444 g/mol. The lowest BCUT2D eigenvalue weighted by atomic mass is 10.1. The summed E-state index contributed by atoms with van der Waals surface area (Å²) in [6.45, 7) is 0. The van der Waals surface area contributed by atoms with Crippen molar-refractivity contribution in [2.45, 2.75) is 0 Å². The lowest BCUT2D eigenvalue weighted by Crippen LogP contribution is -2.21. The molecular formula is C21H20N2O9. The Labute approximate surface area is 182 Å². The molecule has 0 unspecified atom stereocenters. The van der Waals surface area contributed by atoms with Gasteiger partial charge in [-0.1, -0.05) is 0 Å². The summed E-state index contributed by atoms with van der Waals surface area (Å²) >= 11 is 0. The number of hydrogen-bond acceptors (Lipinski definition) is 9. The van der Waals surface area contributed by atoms with Crippen LogP contribution in [0.5, 0.6) is 0 Å². The van der Waals surface area contributed by atoms with Gasteiger partial charge in [-0.25, -0.2) is 24.0 Å². The van der Waals surface area contributed by atoms with Gasteiger partial charge in [0.25, 0.3) is 0 Å². The van der Waals surface area contributed by atoms with E-state index >= 15 is 0 Å². The number of carbonyl (C=O) groups is 5. The first kappa shape index (κ1) is 23.9. The number of esters is 4. The van der Waals surface area contributed by atoms with E-state index in [1.165, 1.54) is 36.4 Å². The lowest BCUT2D eigenvalue weighted by Gasteiger charge is -2.12. The number of nitrogens with one attached hydrogen (secondary N) is 2. The van der Waals surface area contributed by atoms with E-state index in [2.05, 4.69) is 29.6 Å². The summed E-state index contributed by atoms with van der Waals surface area (Å²) < 4.78 is 18.6. The maximum atomic E-state index is 12.4. The predicted octanol–water partition coefficient (Wildman–Crippen LogP) is 2.48. The molecule has 0 aromatic heterocycles. The van der Waals surface area contributed by atoms with Crippen LogP contribution in [0, 0.1) is 0 Å². The zero-order valence-electron chi connectivity index (χ0n) is 17.6. The summed E-state index contributed by atoms with van der Waals surface area (Å²) in [5.41, 5.74) is 0.0721. The second-order valence-electron chi connectivity index (χ2n) is 6.07. The molecule has 0 aliphatic rings. The topological polar surface area (TPSA) is 146 Å². The highest BCUT2D eigenvalue weighted by Gasteiger charge is 2.21. The largest absolute Gasteiger partial charge is 0.465 e. The van der Waals surface area contributed by atoms with Crippen LogP contribution in [0.1, 0.15) is 41.4 Å². The van der Waals surface area contributed by atoms with E-state index in [4.69, 9.17) is 0 Å². The summed E-state index contributed by atoms with van der Waals surface area (Å²) in [6, 6.07) is 7.14. The van der Waals surface area contributed by atoms with Gasteiger partial charge in [-0.3, -0.25) is 0 Å². The standard InChI is InChI=1S/C21H20N2O9/c1-29-17(24)13-7-5-11(9-15(13)19(26)31-3)22-21(28)23-12-6-8-14(18(25)30-2)16(10-12)20(27)32-4/h5-10H,1-4H3,(H2,22,23,28). The maximum absolute atomic E-state index is 12.4. The summed E-state index contributed by atoms with van der Waals surface area (Å²) in [5, 5.41) is 4.97. The number of methoxy groups -OCH3 is 4. The molecule has 0 spiro atoms. The van der Waals surface area contributed by atoms with Crippen LogP contribution in [-0.2, 0) is 18.9 Å². The highest BCUT2D eigenvalue weighted by Crippen LogP contribution is 2.20. The Morgan fingerprint density at radius 1 is 0.531 bits per heavy atom. The Morgan fingerprint density at radius 2 is 0.844 bits per heavy atom. The van der Waals surface area contributed by atoms with Gasteiger partial charge in [-0.05, 0) is 36.4 Å². The minimum atomic E-state index is -0.796. The number of amides is 2. The molecule has 32 heavy (non-hydrogen) atoms. The zero-order chi connectivity index (χ0) is 23.8. The number of anilines is 2. The molecule has 0 atom stereocenters. The van der Waals surface area contributed by atoms with Crippen molar-refractivity contribution in [3.8, 4) is 0 Å². The predicted molar refractivity (Wildman–Crippen MR) is 111 cm³/mol. The van der Waals surface area contributed by atoms with Crippen molar-refractivity contribution < 1.29 is 42.9 Å². The van der Waals surface area contributed by atoms with E-state index in [9.17, 15) is 24.0 Å². The van der Waals surface area contributed by atoms with Crippen molar-refractivity contribution in [2.75, 3.05) is 39.1 Å². The number of benzene rings is 2. The second-order valence-corrected chi connectivity index (χ2v) is 6.07. The molecule has 2 rings (SSSR count). The van der Waals surface area contributed by atoms with Crippen LogP contribution in [0.2, 0.25) is 0 Å². The number of urea groups is 1. The summed E-state index contributed by atoms with van der Waals surface area (Å²) in [7, 11) is 4.62. The van der Waals surface area contributed by atoms with Crippen LogP contribution in [-0.4, -0.2) is 58.3 Å². The Balaban J connectivity index is 2.27. The smallest absolute Gasteiger partial charge is 0.338 e. The van der Waals surface area contributed by atoms with E-state index in [1.54, 1.807) is 0 Å². The first-order chi connectivity index (χ1) is 15.2. The Hall–Kier alpha value is -4.41. The molecule has 168 valence electrons. The Bertz CT molecular complexity index is 995. The lowest BCUT2D eigenvalue weighted by molar-refractivity contribution is 0.0555. The summed E-state index contributed by atoms with van der Waals surface area (Å²) in [4.78, 5) is 60.0. The molecule has 2 N–H and O–H groups in total. The maximum Gasteiger partial charge on any atom is 0.338 e. The summed E-state index contributed by atoms with van der Waals surface area (Å²) in [5.74, 6) is -3.09. The first-order valence-electron chi connectivity index (χ1n) is 8.95. The fourth-order valence-corrected chi connectivity index (χ4v) is 2.67. The quantitative estimate of drug-likeness (QED) is 0.506. The van der Waals surface area contributed by atoms with Crippen LogP contribution in [0.4, 0.5) is 16.2 Å². The third kappa shape index (κ3) is 5.39. The third-order valence-corrected chi connectivity index (χ3v) is 4.18. The minimum absolute atomic E-state index is 0.0357. The van der Waals surface area contributed by atoms with Gasteiger partial charge in [0, 0.05) is 11.4 Å². The second kappa shape index (κ2) is 10.6. The molecule has 0 saturated carbocycles. The van der Waals surface area contributed by atoms with Gasteiger partial charge in [0.05, 0.1) is 50.7 Å². The van der Waals surface area contributed by atoms with E-state index in [-0.39, 0.29) is 33.6 Å². The van der Waals surface area contributed by atoms with Crippen molar-refractivity contribution in [1.29, 1.82) is 0 Å². The third-order valence-electron chi connectivity index (χ3n) is 4.18.